The lowest BCUT2D eigenvalue weighted by Gasteiger charge is -2.29. The molecule has 0 spiro atoms. The summed E-state index contributed by atoms with van der Waals surface area (Å²) in [6, 6.07) is 6.10. The van der Waals surface area contributed by atoms with E-state index >= 15 is 0 Å². The first kappa shape index (κ1) is 13.9. The standard InChI is InChI=1S/C13H21NS2/c1-3-13(4-2,10-15)11-16-9-12-7-5-6-8-14-12/h5-8,15H,3-4,9-11H2,1-2H3. The summed E-state index contributed by atoms with van der Waals surface area (Å²) in [7, 11) is 0. The van der Waals surface area contributed by atoms with Crippen molar-refractivity contribution in [1.82, 2.24) is 4.98 Å². The number of hydrogen-bond acceptors (Lipinski definition) is 3. The van der Waals surface area contributed by atoms with Gasteiger partial charge in [0.15, 0.2) is 0 Å². The van der Waals surface area contributed by atoms with E-state index in [1.54, 1.807) is 0 Å². The molecule has 1 heterocycles. The van der Waals surface area contributed by atoms with E-state index in [2.05, 4.69) is 37.5 Å². The minimum atomic E-state index is 0.405. The third-order valence-corrected chi connectivity index (χ3v) is 5.21. The van der Waals surface area contributed by atoms with E-state index in [0.717, 1.165) is 11.5 Å². The quantitative estimate of drug-likeness (QED) is 0.738. The zero-order chi connectivity index (χ0) is 11.9. The largest absolute Gasteiger partial charge is 0.260 e. The molecule has 0 unspecified atom stereocenters. The maximum Gasteiger partial charge on any atom is 0.0502 e. The van der Waals surface area contributed by atoms with Crippen LogP contribution in [0.25, 0.3) is 0 Å². The van der Waals surface area contributed by atoms with Gasteiger partial charge in [0, 0.05) is 17.7 Å². The molecule has 0 N–H and O–H groups in total. The highest BCUT2D eigenvalue weighted by atomic mass is 32.2. The molecule has 3 heteroatoms. The average molecular weight is 255 g/mol. The number of pyridine rings is 1. The first-order chi connectivity index (χ1) is 7.76. The van der Waals surface area contributed by atoms with E-state index in [4.69, 9.17) is 0 Å². The van der Waals surface area contributed by atoms with Crippen molar-refractivity contribution in [3.8, 4) is 0 Å². The summed E-state index contributed by atoms with van der Waals surface area (Å²) in [5.74, 6) is 3.17. The van der Waals surface area contributed by atoms with Gasteiger partial charge in [-0.05, 0) is 36.1 Å². The minimum Gasteiger partial charge on any atom is -0.260 e. The number of nitrogens with zero attached hydrogens (tertiary/aromatic N) is 1. The molecule has 0 aromatic carbocycles. The third-order valence-electron chi connectivity index (χ3n) is 3.22. The van der Waals surface area contributed by atoms with Crippen LogP contribution in [0.3, 0.4) is 0 Å². The normalized spacial score (nSPS) is 11.7. The van der Waals surface area contributed by atoms with Crippen molar-refractivity contribution >= 4 is 24.4 Å². The van der Waals surface area contributed by atoms with Crippen molar-refractivity contribution in [1.29, 1.82) is 0 Å². The Morgan fingerprint density at radius 1 is 1.31 bits per heavy atom. The first-order valence-corrected chi connectivity index (χ1v) is 7.63. The Labute approximate surface area is 109 Å². The Morgan fingerprint density at radius 3 is 2.56 bits per heavy atom. The van der Waals surface area contributed by atoms with Crippen molar-refractivity contribution in [2.45, 2.75) is 32.4 Å². The van der Waals surface area contributed by atoms with Crippen molar-refractivity contribution in [3.05, 3.63) is 30.1 Å². The van der Waals surface area contributed by atoms with Gasteiger partial charge in [-0.1, -0.05) is 19.9 Å². The van der Waals surface area contributed by atoms with Gasteiger partial charge in [-0.15, -0.1) is 0 Å². The molecule has 0 aliphatic heterocycles. The third kappa shape index (κ3) is 4.02. The Kier molecular flexibility index (Phi) is 6.29. The maximum atomic E-state index is 4.49. The van der Waals surface area contributed by atoms with Gasteiger partial charge in [0.05, 0.1) is 5.69 Å². The van der Waals surface area contributed by atoms with E-state index < -0.39 is 0 Å². The molecule has 0 aliphatic carbocycles. The topological polar surface area (TPSA) is 12.9 Å². The van der Waals surface area contributed by atoms with Gasteiger partial charge in [-0.25, -0.2) is 0 Å². The van der Waals surface area contributed by atoms with Crippen molar-refractivity contribution in [2.75, 3.05) is 11.5 Å². The zero-order valence-electron chi connectivity index (χ0n) is 10.1. The van der Waals surface area contributed by atoms with Gasteiger partial charge in [-0.2, -0.15) is 24.4 Å². The number of aromatic nitrogens is 1. The van der Waals surface area contributed by atoms with Crippen LogP contribution in [0.15, 0.2) is 24.4 Å². The molecule has 0 bridgehead atoms. The van der Waals surface area contributed by atoms with Crippen LogP contribution in [0, 0.1) is 5.41 Å². The van der Waals surface area contributed by atoms with E-state index in [-0.39, 0.29) is 0 Å². The van der Waals surface area contributed by atoms with Crippen LogP contribution in [-0.2, 0) is 5.75 Å². The molecule has 0 amide bonds. The summed E-state index contributed by atoms with van der Waals surface area (Å²) in [5, 5.41) is 0. The molecule has 0 aliphatic rings. The Bertz CT molecular complexity index is 275. The summed E-state index contributed by atoms with van der Waals surface area (Å²) >= 11 is 6.47. The van der Waals surface area contributed by atoms with Crippen LogP contribution in [0.5, 0.6) is 0 Å². The van der Waals surface area contributed by atoms with E-state index in [1.165, 1.54) is 24.3 Å². The molecule has 1 nitrogen and oxygen atoms in total. The molecular weight excluding hydrogens is 234 g/mol. The Hall–Kier alpha value is -0.150. The molecule has 0 fully saturated rings. The van der Waals surface area contributed by atoms with Crippen LogP contribution in [-0.4, -0.2) is 16.5 Å². The van der Waals surface area contributed by atoms with Crippen molar-refractivity contribution in [3.63, 3.8) is 0 Å². The molecule has 0 saturated carbocycles. The van der Waals surface area contributed by atoms with Gasteiger partial charge in [0.1, 0.15) is 0 Å². The monoisotopic (exact) mass is 255 g/mol. The van der Waals surface area contributed by atoms with Gasteiger partial charge >= 0.3 is 0 Å². The molecule has 0 atom stereocenters. The van der Waals surface area contributed by atoms with Crippen molar-refractivity contribution < 1.29 is 0 Å². The maximum absolute atomic E-state index is 4.49. The predicted molar refractivity (Wildman–Crippen MR) is 77.3 cm³/mol. The SMILES string of the molecule is CCC(CC)(CS)CSCc1ccccn1. The second kappa shape index (κ2) is 7.23. The Morgan fingerprint density at radius 2 is 2.06 bits per heavy atom. The molecule has 0 radical (unpaired) electrons. The number of rotatable bonds is 7. The number of hydrogen-bond donors (Lipinski definition) is 1. The molecule has 1 aromatic heterocycles. The Balaban J connectivity index is 2.39. The van der Waals surface area contributed by atoms with Gasteiger partial charge in [0.25, 0.3) is 0 Å². The lowest BCUT2D eigenvalue weighted by Crippen LogP contribution is -2.24. The molecule has 1 rings (SSSR count). The molecule has 90 valence electrons. The molecule has 1 aromatic rings. The lowest BCUT2D eigenvalue weighted by molar-refractivity contribution is 0.357. The zero-order valence-corrected chi connectivity index (χ0v) is 11.9. The van der Waals surface area contributed by atoms with Crippen LogP contribution in [0.4, 0.5) is 0 Å². The smallest absolute Gasteiger partial charge is 0.0502 e. The van der Waals surface area contributed by atoms with Crippen molar-refractivity contribution in [2.24, 2.45) is 5.41 Å². The fourth-order valence-electron chi connectivity index (χ4n) is 1.58. The first-order valence-electron chi connectivity index (χ1n) is 5.85. The molecule has 0 saturated heterocycles. The van der Waals surface area contributed by atoms with Crippen LogP contribution in [0.2, 0.25) is 0 Å². The van der Waals surface area contributed by atoms with E-state index in [1.807, 2.05) is 30.1 Å². The summed E-state index contributed by atoms with van der Waals surface area (Å²) in [5.41, 5.74) is 1.58. The van der Waals surface area contributed by atoms with E-state index in [0.29, 0.717) is 5.41 Å². The number of thiol groups is 1. The highest BCUT2D eigenvalue weighted by Crippen LogP contribution is 2.32. The van der Waals surface area contributed by atoms with Crippen LogP contribution >= 0.6 is 24.4 Å². The van der Waals surface area contributed by atoms with Gasteiger partial charge in [0.2, 0.25) is 0 Å². The van der Waals surface area contributed by atoms with Gasteiger partial charge in [-0.3, -0.25) is 4.98 Å². The van der Waals surface area contributed by atoms with Gasteiger partial charge < -0.3 is 0 Å². The molecular formula is C13H21NS2. The number of thioether (sulfide) groups is 1. The summed E-state index contributed by atoms with van der Waals surface area (Å²) in [4.78, 5) is 4.34. The fraction of sp³-hybridized carbons (Fsp3) is 0.615. The van der Waals surface area contributed by atoms with Crippen LogP contribution in [0.1, 0.15) is 32.4 Å². The fourth-order valence-corrected chi connectivity index (χ4v) is 3.71. The molecule has 16 heavy (non-hydrogen) atoms. The van der Waals surface area contributed by atoms with Crippen LogP contribution < -0.4 is 0 Å². The summed E-state index contributed by atoms with van der Waals surface area (Å²) in [6.45, 7) is 4.53. The predicted octanol–water partition coefficient (Wildman–Crippen LogP) is 4.05. The lowest BCUT2D eigenvalue weighted by atomic mass is 9.87. The second-order valence-electron chi connectivity index (χ2n) is 4.18. The highest BCUT2D eigenvalue weighted by Gasteiger charge is 2.24. The summed E-state index contributed by atoms with van der Waals surface area (Å²) < 4.78 is 0. The average Bonchev–Trinajstić information content (AvgIpc) is 2.37. The second-order valence-corrected chi connectivity index (χ2v) is 5.48. The summed E-state index contributed by atoms with van der Waals surface area (Å²) in [6.07, 6.45) is 4.28. The highest BCUT2D eigenvalue weighted by molar-refractivity contribution is 7.98. The van der Waals surface area contributed by atoms with E-state index in [9.17, 15) is 0 Å². The minimum absolute atomic E-state index is 0.405.